The Balaban J connectivity index is 1.14. The van der Waals surface area contributed by atoms with Crippen molar-refractivity contribution < 1.29 is 4.42 Å². The Morgan fingerprint density at radius 3 is 1.70 bits per heavy atom. The van der Waals surface area contributed by atoms with Gasteiger partial charge in [0.1, 0.15) is 5.58 Å². The molecule has 8 aromatic rings. The number of rotatable bonds is 4. The minimum Gasteiger partial charge on any atom is -0.468 e. The highest BCUT2D eigenvalue weighted by molar-refractivity contribution is 7.00. The molecule has 5 heteroatoms. The van der Waals surface area contributed by atoms with E-state index in [1.807, 2.05) is 0 Å². The normalized spacial score (nSPS) is 22.5. The van der Waals surface area contributed by atoms with E-state index in [0.717, 1.165) is 42.6 Å². The molecule has 426 valence electrons. The van der Waals surface area contributed by atoms with Gasteiger partial charge in [0.2, 0.25) is 0 Å². The fraction of sp³-hybridized carbons (Fsp3) is 0.436. The van der Waals surface area contributed by atoms with Crippen LogP contribution in [0.15, 0.2) is 132 Å². The zero-order chi connectivity index (χ0) is 58.5. The first-order valence-electron chi connectivity index (χ1n) is 31.9. The lowest BCUT2D eigenvalue weighted by molar-refractivity contribution is 0.314. The summed E-state index contributed by atoms with van der Waals surface area (Å²) in [5, 5.41) is 1.17. The number of anilines is 8. The van der Waals surface area contributed by atoms with Crippen molar-refractivity contribution >= 4 is 79.8 Å². The first-order chi connectivity index (χ1) is 39.1. The number of hydrogen-bond donors (Lipinski definition) is 0. The van der Waals surface area contributed by atoms with E-state index in [4.69, 9.17) is 4.42 Å². The van der Waals surface area contributed by atoms with Crippen LogP contribution in [0.3, 0.4) is 0 Å². The Kier molecular flexibility index (Phi) is 11.8. The molecule has 14 rings (SSSR count). The van der Waals surface area contributed by atoms with Gasteiger partial charge in [-0.3, -0.25) is 0 Å². The predicted molar refractivity (Wildman–Crippen MR) is 356 cm³/mol. The SMILES string of the molecule is Cc1cc2c(cc1N1c3cc4c(cc3B3c5oc6ccc(C(C)(C)C)cc6c5N(c5ccc(C(C)(C)C)cc5)c5cc(N6c7ccc(-c8ccccc8)cc7C7(C)CCCCC(C)C67)cc1c53)C(C)(C)CCC4(C)C)C(C)(C)CCC2(C)C. The smallest absolute Gasteiger partial charge is 0.297 e. The molecule has 1 aromatic heterocycles. The van der Waals surface area contributed by atoms with Crippen LogP contribution in [0.5, 0.6) is 0 Å². The minimum atomic E-state index is -0.174. The molecule has 3 unspecified atom stereocenters. The van der Waals surface area contributed by atoms with Crippen molar-refractivity contribution in [3.63, 3.8) is 0 Å². The first-order valence-corrected chi connectivity index (χ1v) is 31.9. The van der Waals surface area contributed by atoms with Crippen LogP contribution in [0.2, 0.25) is 0 Å². The van der Waals surface area contributed by atoms with Gasteiger partial charge in [-0.2, -0.15) is 0 Å². The molecule has 3 aliphatic heterocycles. The summed E-state index contributed by atoms with van der Waals surface area (Å²) in [5.41, 5.74) is 28.6. The zero-order valence-electron chi connectivity index (χ0n) is 53.3. The number of hydrogen-bond acceptors (Lipinski definition) is 4. The average Bonchev–Trinajstić information content (AvgIpc) is 1.72. The van der Waals surface area contributed by atoms with Crippen LogP contribution < -0.4 is 31.3 Å². The topological polar surface area (TPSA) is 22.9 Å². The van der Waals surface area contributed by atoms with E-state index in [1.165, 1.54) is 137 Å². The molecule has 6 aliphatic rings. The van der Waals surface area contributed by atoms with E-state index >= 15 is 0 Å². The summed E-state index contributed by atoms with van der Waals surface area (Å²) < 4.78 is 7.69. The number of nitrogens with zero attached hydrogens (tertiary/aromatic N) is 3. The lowest BCUT2D eigenvalue weighted by Gasteiger charge is -2.48. The van der Waals surface area contributed by atoms with Crippen molar-refractivity contribution in [3.8, 4) is 11.1 Å². The third-order valence-corrected chi connectivity index (χ3v) is 22.2. The number of aryl methyl sites for hydroxylation is 1. The standard InChI is InChI=1S/C78H90BN3O/c1-47-23-21-22-34-78(17)60-40-50(49-24-19-18-20-25-49)26-32-62(60)81(70(47)78)54-42-65-68-66(43-54)82(63-45-58-56(39-48(63)2)74(9,10)35-37-76(58,13)14)64-46-59-57(75(11,12)36-38-77(59,15)16)44-61(64)79(68)71-69(55-41-52(73(6,7)8)29-33-67(55)83-71)80(65)53-30-27-51(28-31-53)72(3,4)5/h18-20,24-33,39-47,70H,21-23,34-38H2,1-17H3. The van der Waals surface area contributed by atoms with Gasteiger partial charge in [0, 0.05) is 56.7 Å². The predicted octanol–water partition coefficient (Wildman–Crippen LogP) is 19.8. The Bertz CT molecular complexity index is 3970. The van der Waals surface area contributed by atoms with E-state index in [0.29, 0.717) is 5.92 Å². The van der Waals surface area contributed by atoms with E-state index in [-0.39, 0.29) is 50.7 Å². The second-order valence-corrected chi connectivity index (χ2v) is 31.8. The van der Waals surface area contributed by atoms with Crippen LogP contribution in [0.4, 0.5) is 45.5 Å². The maximum absolute atomic E-state index is 7.69. The monoisotopic (exact) mass is 1100 g/mol. The second kappa shape index (κ2) is 18.0. The summed E-state index contributed by atoms with van der Waals surface area (Å²) in [7, 11) is 0. The van der Waals surface area contributed by atoms with E-state index in [2.05, 4.69) is 260 Å². The minimum absolute atomic E-state index is 0.00554. The van der Waals surface area contributed by atoms with Gasteiger partial charge < -0.3 is 19.1 Å². The van der Waals surface area contributed by atoms with Gasteiger partial charge in [0.05, 0.1) is 11.3 Å². The molecule has 4 nitrogen and oxygen atoms in total. The van der Waals surface area contributed by atoms with Crippen molar-refractivity contribution in [2.24, 2.45) is 5.92 Å². The molecular formula is C78H90BN3O. The molecule has 83 heavy (non-hydrogen) atoms. The molecule has 0 spiro atoms. The van der Waals surface area contributed by atoms with Gasteiger partial charge in [-0.05, 0) is 211 Å². The van der Waals surface area contributed by atoms with Crippen LogP contribution in [-0.2, 0) is 37.9 Å². The summed E-state index contributed by atoms with van der Waals surface area (Å²) in [6, 6.07) is 51.4. The Morgan fingerprint density at radius 2 is 1.07 bits per heavy atom. The second-order valence-electron chi connectivity index (χ2n) is 31.8. The molecule has 3 aliphatic carbocycles. The van der Waals surface area contributed by atoms with Gasteiger partial charge >= 0.3 is 0 Å². The Hall–Kier alpha value is -6.46. The van der Waals surface area contributed by atoms with Crippen LogP contribution in [0.1, 0.15) is 207 Å². The Labute approximate surface area is 498 Å². The average molecular weight is 1100 g/mol. The molecule has 7 aromatic carbocycles. The Morgan fingerprint density at radius 1 is 0.494 bits per heavy atom. The number of furan rings is 1. The van der Waals surface area contributed by atoms with E-state index in [1.54, 1.807) is 0 Å². The van der Waals surface area contributed by atoms with E-state index in [9.17, 15) is 0 Å². The molecule has 3 atom stereocenters. The molecule has 0 N–H and O–H groups in total. The van der Waals surface area contributed by atoms with Gasteiger partial charge in [0.15, 0.2) is 0 Å². The first kappa shape index (κ1) is 54.5. The maximum atomic E-state index is 7.69. The molecular weight excluding hydrogens is 1010 g/mol. The fourth-order valence-corrected chi connectivity index (χ4v) is 16.9. The summed E-state index contributed by atoms with van der Waals surface area (Å²) in [6.07, 6.45) is 9.48. The van der Waals surface area contributed by atoms with Crippen molar-refractivity contribution in [3.05, 3.63) is 172 Å². The van der Waals surface area contributed by atoms with E-state index < -0.39 is 0 Å². The lowest BCUT2D eigenvalue weighted by atomic mass is 9.35. The quantitative estimate of drug-likeness (QED) is 0.164. The molecule has 0 radical (unpaired) electrons. The third-order valence-electron chi connectivity index (χ3n) is 22.2. The molecule has 0 bridgehead atoms. The van der Waals surface area contributed by atoms with Crippen LogP contribution in [0.25, 0.3) is 22.1 Å². The molecule has 1 fully saturated rings. The van der Waals surface area contributed by atoms with Gasteiger partial charge in [-0.15, -0.1) is 0 Å². The van der Waals surface area contributed by atoms with Gasteiger partial charge in [-0.1, -0.05) is 190 Å². The summed E-state index contributed by atoms with van der Waals surface area (Å²) in [6.45, 7) is 41.4. The third kappa shape index (κ3) is 8.18. The highest BCUT2D eigenvalue weighted by Crippen LogP contribution is 2.60. The molecule has 4 heterocycles. The highest BCUT2D eigenvalue weighted by atomic mass is 16.3. The van der Waals surface area contributed by atoms with Gasteiger partial charge in [-0.25, -0.2) is 0 Å². The molecule has 0 amide bonds. The zero-order valence-corrected chi connectivity index (χ0v) is 53.3. The van der Waals surface area contributed by atoms with Crippen molar-refractivity contribution in [1.82, 2.24) is 0 Å². The lowest BCUT2D eigenvalue weighted by Crippen LogP contribution is -2.61. The van der Waals surface area contributed by atoms with Crippen molar-refractivity contribution in [2.75, 3.05) is 14.7 Å². The fourth-order valence-electron chi connectivity index (χ4n) is 16.9. The van der Waals surface area contributed by atoms with Crippen LogP contribution in [-0.4, -0.2) is 12.8 Å². The summed E-state index contributed by atoms with van der Waals surface area (Å²) in [4.78, 5) is 8.31. The van der Waals surface area contributed by atoms with Gasteiger partial charge in [0.25, 0.3) is 6.71 Å². The molecule has 0 saturated heterocycles. The van der Waals surface area contributed by atoms with Crippen LogP contribution in [0, 0.1) is 12.8 Å². The highest BCUT2D eigenvalue weighted by Gasteiger charge is 2.54. The maximum Gasteiger partial charge on any atom is 0.297 e. The summed E-state index contributed by atoms with van der Waals surface area (Å²) >= 11 is 0. The largest absolute Gasteiger partial charge is 0.468 e. The molecule has 1 saturated carbocycles. The number of benzene rings is 7. The van der Waals surface area contributed by atoms with Crippen LogP contribution >= 0.6 is 0 Å². The summed E-state index contributed by atoms with van der Waals surface area (Å²) in [5.74, 6) is 0.457. The number of fused-ring (bicyclic) bond motifs is 11. The van der Waals surface area contributed by atoms with Crippen molar-refractivity contribution in [2.45, 2.75) is 213 Å². The van der Waals surface area contributed by atoms with Crippen molar-refractivity contribution in [1.29, 1.82) is 0 Å².